The predicted molar refractivity (Wildman–Crippen MR) is 97.7 cm³/mol. The lowest BCUT2D eigenvalue weighted by atomic mass is 9.92. The van der Waals surface area contributed by atoms with Gasteiger partial charge in [0.15, 0.2) is 23.3 Å². The van der Waals surface area contributed by atoms with Gasteiger partial charge in [-0.25, -0.2) is 22.4 Å². The van der Waals surface area contributed by atoms with Crippen molar-refractivity contribution in [3.8, 4) is 0 Å². The van der Waals surface area contributed by atoms with Crippen LogP contribution in [0.4, 0.5) is 28.0 Å². The molecule has 0 saturated heterocycles. The lowest BCUT2D eigenvalue weighted by Crippen LogP contribution is -2.47. The number of rotatable bonds is 3. The average molecular weight is 407 g/mol. The van der Waals surface area contributed by atoms with Gasteiger partial charge in [0.1, 0.15) is 0 Å². The van der Waals surface area contributed by atoms with Gasteiger partial charge in [-0.1, -0.05) is 6.07 Å². The Morgan fingerprint density at radius 2 is 1.52 bits per heavy atom. The second-order valence-corrected chi connectivity index (χ2v) is 6.61. The SMILES string of the molecule is CC1=C(C(=O)Nc2ccc(F)c(F)c2)[C@H](c2ccc(F)c(F)c2)N(C)C(=O)N1C. The molecule has 2 aromatic rings. The first-order chi connectivity index (χ1) is 13.6. The summed E-state index contributed by atoms with van der Waals surface area (Å²) in [4.78, 5) is 27.9. The first kappa shape index (κ1) is 20.4. The summed E-state index contributed by atoms with van der Waals surface area (Å²) in [5, 5.41) is 2.46. The quantitative estimate of drug-likeness (QED) is 0.776. The van der Waals surface area contributed by atoms with Crippen molar-refractivity contribution in [1.29, 1.82) is 0 Å². The highest BCUT2D eigenvalue weighted by atomic mass is 19.2. The van der Waals surface area contributed by atoms with Gasteiger partial charge >= 0.3 is 6.03 Å². The number of allylic oxidation sites excluding steroid dienone is 1. The molecular weight excluding hydrogens is 390 g/mol. The zero-order chi connectivity index (χ0) is 21.5. The molecule has 0 aromatic heterocycles. The van der Waals surface area contributed by atoms with Gasteiger partial charge in [-0.05, 0) is 36.8 Å². The molecule has 0 spiro atoms. The van der Waals surface area contributed by atoms with Gasteiger partial charge in [0, 0.05) is 31.5 Å². The molecule has 0 unspecified atom stereocenters. The summed E-state index contributed by atoms with van der Waals surface area (Å²) in [5.74, 6) is -5.10. The van der Waals surface area contributed by atoms with Crippen molar-refractivity contribution in [2.45, 2.75) is 13.0 Å². The highest BCUT2D eigenvalue weighted by Gasteiger charge is 2.38. The molecule has 0 saturated carbocycles. The van der Waals surface area contributed by atoms with Crippen LogP contribution >= 0.6 is 0 Å². The number of carbonyl (C=O) groups is 2. The molecule has 1 aliphatic heterocycles. The van der Waals surface area contributed by atoms with Crippen LogP contribution in [-0.4, -0.2) is 35.8 Å². The number of carbonyl (C=O) groups excluding carboxylic acids is 2. The fourth-order valence-electron chi connectivity index (χ4n) is 3.20. The van der Waals surface area contributed by atoms with Crippen molar-refractivity contribution < 1.29 is 27.2 Å². The molecule has 1 N–H and O–H groups in total. The first-order valence-corrected chi connectivity index (χ1v) is 8.54. The van der Waals surface area contributed by atoms with Gasteiger partial charge in [0.25, 0.3) is 5.91 Å². The van der Waals surface area contributed by atoms with E-state index in [4.69, 9.17) is 0 Å². The summed E-state index contributed by atoms with van der Waals surface area (Å²) in [6, 6.07) is 4.48. The number of urea groups is 1. The number of anilines is 1. The molecule has 5 nitrogen and oxygen atoms in total. The van der Waals surface area contributed by atoms with Crippen LogP contribution in [0.25, 0.3) is 0 Å². The number of likely N-dealkylation sites (N-methyl/N-ethyl adjacent to an activating group) is 1. The van der Waals surface area contributed by atoms with E-state index in [1.54, 1.807) is 0 Å². The normalized spacial score (nSPS) is 17.1. The molecule has 152 valence electrons. The Kier molecular flexibility index (Phi) is 5.32. The van der Waals surface area contributed by atoms with E-state index in [9.17, 15) is 27.2 Å². The zero-order valence-corrected chi connectivity index (χ0v) is 15.8. The summed E-state index contributed by atoms with van der Waals surface area (Å²) in [6.45, 7) is 1.53. The summed E-state index contributed by atoms with van der Waals surface area (Å²) < 4.78 is 53.8. The van der Waals surface area contributed by atoms with Crippen molar-refractivity contribution >= 4 is 17.6 Å². The van der Waals surface area contributed by atoms with Crippen LogP contribution in [0.2, 0.25) is 0 Å². The lowest BCUT2D eigenvalue weighted by Gasteiger charge is -2.39. The summed E-state index contributed by atoms with van der Waals surface area (Å²) in [6.07, 6.45) is 0. The Bertz CT molecular complexity index is 1040. The van der Waals surface area contributed by atoms with Crippen LogP contribution in [0.5, 0.6) is 0 Å². The van der Waals surface area contributed by atoms with Crippen LogP contribution in [0.3, 0.4) is 0 Å². The maximum Gasteiger partial charge on any atom is 0.324 e. The van der Waals surface area contributed by atoms with Crippen LogP contribution in [-0.2, 0) is 4.79 Å². The molecule has 1 atom stereocenters. The van der Waals surface area contributed by atoms with E-state index in [2.05, 4.69) is 5.32 Å². The second-order valence-electron chi connectivity index (χ2n) is 6.61. The van der Waals surface area contributed by atoms with Crippen molar-refractivity contribution in [2.75, 3.05) is 19.4 Å². The average Bonchev–Trinajstić information content (AvgIpc) is 2.68. The molecule has 29 heavy (non-hydrogen) atoms. The fourth-order valence-corrected chi connectivity index (χ4v) is 3.20. The third kappa shape index (κ3) is 3.67. The third-order valence-electron chi connectivity index (χ3n) is 4.82. The highest BCUT2D eigenvalue weighted by molar-refractivity contribution is 6.06. The van der Waals surface area contributed by atoms with Gasteiger partial charge in [-0.3, -0.25) is 4.79 Å². The van der Waals surface area contributed by atoms with E-state index < -0.39 is 41.2 Å². The van der Waals surface area contributed by atoms with Crippen LogP contribution in [0.15, 0.2) is 47.7 Å². The van der Waals surface area contributed by atoms with E-state index in [1.165, 1.54) is 43.0 Å². The Hall–Kier alpha value is -3.36. The topological polar surface area (TPSA) is 52.7 Å². The molecule has 3 rings (SSSR count). The largest absolute Gasteiger partial charge is 0.324 e. The highest BCUT2D eigenvalue weighted by Crippen LogP contribution is 2.36. The van der Waals surface area contributed by atoms with Crippen LogP contribution in [0.1, 0.15) is 18.5 Å². The van der Waals surface area contributed by atoms with Crippen molar-refractivity contribution in [3.63, 3.8) is 0 Å². The molecule has 3 amide bonds. The summed E-state index contributed by atoms with van der Waals surface area (Å²) >= 11 is 0. The Balaban J connectivity index is 2.07. The van der Waals surface area contributed by atoms with Gasteiger partial charge in [0.05, 0.1) is 11.6 Å². The number of nitrogens with one attached hydrogen (secondary N) is 1. The number of benzene rings is 2. The zero-order valence-electron chi connectivity index (χ0n) is 15.8. The molecular formula is C20H17F4N3O2. The van der Waals surface area contributed by atoms with Crippen LogP contribution in [0, 0.1) is 23.3 Å². The van der Waals surface area contributed by atoms with Crippen molar-refractivity contribution in [3.05, 3.63) is 76.5 Å². The molecule has 0 bridgehead atoms. The molecule has 9 heteroatoms. The summed E-state index contributed by atoms with van der Waals surface area (Å²) in [7, 11) is 2.88. The predicted octanol–water partition coefficient (Wildman–Crippen LogP) is 4.19. The number of hydrogen-bond acceptors (Lipinski definition) is 2. The second kappa shape index (κ2) is 7.57. The van der Waals surface area contributed by atoms with E-state index in [0.717, 1.165) is 24.3 Å². The fraction of sp³-hybridized carbons (Fsp3) is 0.200. The number of hydrogen-bond donors (Lipinski definition) is 1. The first-order valence-electron chi connectivity index (χ1n) is 8.54. The van der Waals surface area contributed by atoms with E-state index in [1.807, 2.05) is 0 Å². The Labute approximate surface area is 164 Å². The van der Waals surface area contributed by atoms with E-state index >= 15 is 0 Å². The Morgan fingerprint density at radius 1 is 0.931 bits per heavy atom. The van der Waals surface area contributed by atoms with Crippen molar-refractivity contribution in [1.82, 2.24) is 9.80 Å². The smallest absolute Gasteiger partial charge is 0.322 e. The minimum absolute atomic E-state index is 0.000410. The maximum atomic E-state index is 13.8. The van der Waals surface area contributed by atoms with E-state index in [0.29, 0.717) is 0 Å². The maximum absolute atomic E-state index is 13.8. The number of nitrogens with zero attached hydrogens (tertiary/aromatic N) is 2. The van der Waals surface area contributed by atoms with Gasteiger partial charge < -0.3 is 15.1 Å². The third-order valence-corrected chi connectivity index (χ3v) is 4.82. The number of halogens is 4. The van der Waals surface area contributed by atoms with Gasteiger partial charge in [-0.15, -0.1) is 0 Å². The minimum atomic E-state index is -1.14. The standard InChI is InChI=1S/C20H17F4N3O2/c1-10-17(19(28)25-12-5-7-14(22)16(24)9-12)18(27(3)20(29)26(10)2)11-4-6-13(21)15(23)8-11/h4-9,18H,1-3H3,(H,25,28)/t18-/m0/s1. The molecule has 2 aromatic carbocycles. The molecule has 1 heterocycles. The van der Waals surface area contributed by atoms with Gasteiger partial charge in [0.2, 0.25) is 0 Å². The Morgan fingerprint density at radius 3 is 2.10 bits per heavy atom. The molecule has 0 aliphatic carbocycles. The van der Waals surface area contributed by atoms with Crippen molar-refractivity contribution in [2.24, 2.45) is 0 Å². The summed E-state index contributed by atoms with van der Waals surface area (Å²) in [5.41, 5.74) is 0.538. The van der Waals surface area contributed by atoms with E-state index in [-0.39, 0.29) is 22.5 Å². The minimum Gasteiger partial charge on any atom is -0.322 e. The van der Waals surface area contributed by atoms with Crippen LogP contribution < -0.4 is 5.32 Å². The number of amides is 3. The van der Waals surface area contributed by atoms with Gasteiger partial charge in [-0.2, -0.15) is 0 Å². The molecule has 0 radical (unpaired) electrons. The monoisotopic (exact) mass is 407 g/mol. The molecule has 1 aliphatic rings. The lowest BCUT2D eigenvalue weighted by molar-refractivity contribution is -0.113. The molecule has 0 fully saturated rings.